The van der Waals surface area contributed by atoms with Gasteiger partial charge in [0.25, 0.3) is 0 Å². The van der Waals surface area contributed by atoms with Crippen molar-refractivity contribution in [2.24, 2.45) is 5.41 Å². The summed E-state index contributed by atoms with van der Waals surface area (Å²) in [5.74, 6) is 0. The van der Waals surface area contributed by atoms with Gasteiger partial charge in [-0.3, -0.25) is 4.90 Å². The fraction of sp³-hybridized carbons (Fsp3) is 1.00. The number of hydrogen-bond acceptors (Lipinski definition) is 3. The van der Waals surface area contributed by atoms with Gasteiger partial charge in [-0.1, -0.05) is 33.1 Å². The van der Waals surface area contributed by atoms with Crippen LogP contribution in [0.25, 0.3) is 0 Å². The molecule has 1 aliphatic heterocycles. The Morgan fingerprint density at radius 1 is 1.20 bits per heavy atom. The molecule has 3 heteroatoms. The highest BCUT2D eigenvalue weighted by Crippen LogP contribution is 2.37. The lowest BCUT2D eigenvalue weighted by molar-refractivity contribution is -0.0341. The van der Waals surface area contributed by atoms with Crippen LogP contribution >= 0.6 is 0 Å². The highest BCUT2D eigenvalue weighted by atomic mass is 16.5. The molecule has 1 saturated heterocycles. The normalized spacial score (nSPS) is 27.6. The Labute approximate surface area is 125 Å². The van der Waals surface area contributed by atoms with Crippen molar-refractivity contribution in [3.05, 3.63) is 0 Å². The van der Waals surface area contributed by atoms with Crippen LogP contribution in [0.5, 0.6) is 0 Å². The van der Waals surface area contributed by atoms with Crippen molar-refractivity contribution < 1.29 is 4.74 Å². The van der Waals surface area contributed by atoms with Gasteiger partial charge >= 0.3 is 0 Å². The molecule has 0 spiro atoms. The summed E-state index contributed by atoms with van der Waals surface area (Å²) in [5, 5.41) is 3.71. The Bertz CT molecular complexity index is 264. The first kappa shape index (κ1) is 16.3. The zero-order chi connectivity index (χ0) is 14.3. The van der Waals surface area contributed by atoms with Crippen molar-refractivity contribution in [3.63, 3.8) is 0 Å². The summed E-state index contributed by atoms with van der Waals surface area (Å²) >= 11 is 0. The van der Waals surface area contributed by atoms with Gasteiger partial charge in [0.1, 0.15) is 0 Å². The van der Waals surface area contributed by atoms with Crippen LogP contribution < -0.4 is 5.32 Å². The molecule has 0 radical (unpaired) electrons. The van der Waals surface area contributed by atoms with Crippen molar-refractivity contribution in [2.45, 2.75) is 64.8 Å². The maximum Gasteiger partial charge on any atom is 0.0622 e. The van der Waals surface area contributed by atoms with Crippen LogP contribution in [-0.2, 0) is 4.74 Å². The molecule has 1 saturated carbocycles. The molecule has 0 bridgehead atoms. The van der Waals surface area contributed by atoms with E-state index in [9.17, 15) is 0 Å². The van der Waals surface area contributed by atoms with Crippen LogP contribution in [0.3, 0.4) is 0 Å². The Kier molecular flexibility index (Phi) is 6.79. The Balaban J connectivity index is 1.94. The molecule has 20 heavy (non-hydrogen) atoms. The molecule has 0 aromatic rings. The van der Waals surface area contributed by atoms with E-state index in [0.717, 1.165) is 19.8 Å². The summed E-state index contributed by atoms with van der Waals surface area (Å²) in [6.07, 6.45) is 9.58. The number of nitrogens with one attached hydrogen (secondary N) is 1. The molecule has 2 aliphatic rings. The van der Waals surface area contributed by atoms with E-state index < -0.39 is 0 Å². The van der Waals surface area contributed by atoms with Crippen LogP contribution in [0.2, 0.25) is 0 Å². The summed E-state index contributed by atoms with van der Waals surface area (Å²) in [5.41, 5.74) is 0.526. The van der Waals surface area contributed by atoms with E-state index in [-0.39, 0.29) is 0 Å². The average Bonchev–Trinajstić information content (AvgIpc) is 2.49. The summed E-state index contributed by atoms with van der Waals surface area (Å²) in [4.78, 5) is 2.72. The van der Waals surface area contributed by atoms with Crippen molar-refractivity contribution in [3.8, 4) is 0 Å². The maximum atomic E-state index is 5.67. The second-order valence-electron chi connectivity index (χ2n) is 6.84. The molecule has 3 nitrogen and oxygen atoms in total. The number of hydrogen-bond donors (Lipinski definition) is 1. The lowest BCUT2D eigenvalue weighted by Crippen LogP contribution is -2.52. The van der Waals surface area contributed by atoms with E-state index in [4.69, 9.17) is 4.74 Å². The van der Waals surface area contributed by atoms with Gasteiger partial charge in [-0.15, -0.1) is 0 Å². The molecule has 1 N–H and O–H groups in total. The number of morpholine rings is 1. The fourth-order valence-electron chi connectivity index (χ4n) is 3.93. The highest BCUT2D eigenvalue weighted by molar-refractivity contribution is 4.90. The Morgan fingerprint density at radius 2 is 2.00 bits per heavy atom. The fourth-order valence-corrected chi connectivity index (χ4v) is 3.93. The summed E-state index contributed by atoms with van der Waals surface area (Å²) in [6.45, 7) is 11.2. The first-order valence-corrected chi connectivity index (χ1v) is 8.82. The highest BCUT2D eigenvalue weighted by Gasteiger charge is 2.35. The number of nitrogens with zero attached hydrogens (tertiary/aromatic N) is 1. The van der Waals surface area contributed by atoms with Gasteiger partial charge in [0.15, 0.2) is 0 Å². The molecule has 1 heterocycles. The van der Waals surface area contributed by atoms with E-state index >= 15 is 0 Å². The van der Waals surface area contributed by atoms with Crippen LogP contribution in [0, 0.1) is 5.41 Å². The molecule has 0 amide bonds. The Morgan fingerprint density at radius 3 is 2.70 bits per heavy atom. The molecule has 0 aromatic heterocycles. The van der Waals surface area contributed by atoms with Crippen molar-refractivity contribution in [2.75, 3.05) is 39.4 Å². The van der Waals surface area contributed by atoms with E-state index in [2.05, 4.69) is 24.1 Å². The molecule has 1 atom stereocenters. The van der Waals surface area contributed by atoms with Crippen LogP contribution in [-0.4, -0.2) is 50.3 Å². The first-order chi connectivity index (χ1) is 9.79. The molecule has 118 valence electrons. The molecule has 0 aromatic carbocycles. The average molecular weight is 282 g/mol. The standard InChI is InChI=1S/C17H34N2O/c1-3-10-18-14-17(8-6-5-7-9-17)15-19-11-12-20-13-16(19)4-2/h16,18H,3-15H2,1-2H3. The molecule has 1 unspecified atom stereocenters. The van der Waals surface area contributed by atoms with E-state index in [1.54, 1.807) is 0 Å². The van der Waals surface area contributed by atoms with E-state index in [0.29, 0.717) is 11.5 Å². The quantitative estimate of drug-likeness (QED) is 0.726. The third kappa shape index (κ3) is 4.44. The third-order valence-corrected chi connectivity index (χ3v) is 5.20. The molecule has 2 fully saturated rings. The molecular weight excluding hydrogens is 248 g/mol. The SMILES string of the molecule is CCCNCC1(CN2CCOCC2CC)CCCCC1. The van der Waals surface area contributed by atoms with Gasteiger partial charge in [0.05, 0.1) is 13.2 Å². The monoisotopic (exact) mass is 282 g/mol. The van der Waals surface area contributed by atoms with Gasteiger partial charge in [0.2, 0.25) is 0 Å². The second kappa shape index (κ2) is 8.35. The first-order valence-electron chi connectivity index (χ1n) is 8.82. The van der Waals surface area contributed by atoms with E-state index in [1.165, 1.54) is 64.6 Å². The topological polar surface area (TPSA) is 24.5 Å². The van der Waals surface area contributed by atoms with Crippen LogP contribution in [0.4, 0.5) is 0 Å². The second-order valence-corrected chi connectivity index (χ2v) is 6.84. The molecular formula is C17H34N2O. The summed E-state index contributed by atoms with van der Waals surface area (Å²) in [7, 11) is 0. The smallest absolute Gasteiger partial charge is 0.0622 e. The van der Waals surface area contributed by atoms with Gasteiger partial charge < -0.3 is 10.1 Å². The Hall–Kier alpha value is -0.120. The lowest BCUT2D eigenvalue weighted by Gasteiger charge is -2.45. The number of rotatable bonds is 7. The lowest BCUT2D eigenvalue weighted by atomic mass is 9.73. The maximum absolute atomic E-state index is 5.67. The van der Waals surface area contributed by atoms with Crippen LogP contribution in [0.1, 0.15) is 58.8 Å². The number of ether oxygens (including phenoxy) is 1. The van der Waals surface area contributed by atoms with Crippen molar-refractivity contribution >= 4 is 0 Å². The van der Waals surface area contributed by atoms with E-state index in [1.807, 2.05) is 0 Å². The predicted molar refractivity (Wildman–Crippen MR) is 85.1 cm³/mol. The van der Waals surface area contributed by atoms with Gasteiger partial charge in [-0.05, 0) is 37.6 Å². The minimum Gasteiger partial charge on any atom is -0.378 e. The minimum absolute atomic E-state index is 0.526. The van der Waals surface area contributed by atoms with Crippen LogP contribution in [0.15, 0.2) is 0 Å². The third-order valence-electron chi connectivity index (χ3n) is 5.20. The largest absolute Gasteiger partial charge is 0.378 e. The van der Waals surface area contributed by atoms with Crippen molar-refractivity contribution in [1.29, 1.82) is 0 Å². The summed E-state index contributed by atoms with van der Waals surface area (Å²) in [6, 6.07) is 0.647. The van der Waals surface area contributed by atoms with Crippen molar-refractivity contribution in [1.82, 2.24) is 10.2 Å². The zero-order valence-corrected chi connectivity index (χ0v) is 13.6. The minimum atomic E-state index is 0.526. The predicted octanol–water partition coefficient (Wildman–Crippen LogP) is 3.05. The zero-order valence-electron chi connectivity index (χ0n) is 13.6. The molecule has 2 rings (SSSR count). The van der Waals surface area contributed by atoms with Gasteiger partial charge in [-0.25, -0.2) is 0 Å². The van der Waals surface area contributed by atoms with Gasteiger partial charge in [0, 0.05) is 25.7 Å². The summed E-state index contributed by atoms with van der Waals surface area (Å²) < 4.78 is 5.67. The molecule has 1 aliphatic carbocycles. The van der Waals surface area contributed by atoms with Gasteiger partial charge in [-0.2, -0.15) is 0 Å².